The summed E-state index contributed by atoms with van der Waals surface area (Å²) < 4.78 is 7.66. The number of hydrogen-bond acceptors (Lipinski definition) is 2. The molecule has 3 heteroatoms. The summed E-state index contributed by atoms with van der Waals surface area (Å²) in [5, 5.41) is 4.63. The average molecular weight is 246 g/mol. The Morgan fingerprint density at radius 3 is 2.83 bits per heavy atom. The third-order valence-electron chi connectivity index (χ3n) is 3.12. The molecule has 1 heterocycles. The maximum atomic E-state index is 5.37. The summed E-state index contributed by atoms with van der Waals surface area (Å²) in [6.07, 6.45) is 3.28. The van der Waals surface area contributed by atoms with Crippen molar-refractivity contribution in [2.24, 2.45) is 0 Å². The van der Waals surface area contributed by atoms with Crippen molar-refractivity contribution in [2.45, 2.75) is 32.9 Å². The quantitative estimate of drug-likeness (QED) is 0.793. The number of nitrogens with zero attached hydrogens (tertiary/aromatic N) is 1. The number of benzene rings is 1. The summed E-state index contributed by atoms with van der Waals surface area (Å²) >= 11 is 0. The molecule has 98 valence electrons. The van der Waals surface area contributed by atoms with E-state index in [9.17, 15) is 0 Å². The minimum Gasteiger partial charge on any atom is -0.496 e. The zero-order valence-corrected chi connectivity index (χ0v) is 11.4. The van der Waals surface area contributed by atoms with E-state index in [2.05, 4.69) is 42.1 Å². The lowest BCUT2D eigenvalue weighted by atomic mass is 10.2. The molecule has 0 aliphatic heterocycles. The van der Waals surface area contributed by atoms with Gasteiger partial charge in [0.15, 0.2) is 0 Å². The van der Waals surface area contributed by atoms with Gasteiger partial charge < -0.3 is 14.6 Å². The van der Waals surface area contributed by atoms with Gasteiger partial charge in [0.2, 0.25) is 0 Å². The first-order valence-corrected chi connectivity index (χ1v) is 6.57. The van der Waals surface area contributed by atoms with Crippen LogP contribution >= 0.6 is 0 Å². The lowest BCUT2D eigenvalue weighted by Crippen LogP contribution is -2.24. The van der Waals surface area contributed by atoms with Crippen molar-refractivity contribution in [3.05, 3.63) is 30.5 Å². The molecular formula is C15H22N2O. The smallest absolute Gasteiger partial charge is 0.128 e. The number of aryl methyl sites for hydroxylation is 1. The van der Waals surface area contributed by atoms with Crippen LogP contribution in [0.1, 0.15) is 20.3 Å². The molecule has 0 atom stereocenters. The second-order valence-corrected chi connectivity index (χ2v) is 4.86. The second-order valence-electron chi connectivity index (χ2n) is 4.86. The lowest BCUT2D eigenvalue weighted by Gasteiger charge is -2.09. The van der Waals surface area contributed by atoms with E-state index in [1.165, 1.54) is 10.9 Å². The van der Waals surface area contributed by atoms with Crippen molar-refractivity contribution in [1.29, 1.82) is 0 Å². The van der Waals surface area contributed by atoms with Crippen LogP contribution in [0.4, 0.5) is 0 Å². The van der Waals surface area contributed by atoms with Crippen molar-refractivity contribution in [1.82, 2.24) is 9.88 Å². The molecule has 0 aliphatic rings. The van der Waals surface area contributed by atoms with Crippen LogP contribution in [0.2, 0.25) is 0 Å². The van der Waals surface area contributed by atoms with E-state index in [4.69, 9.17) is 4.74 Å². The van der Waals surface area contributed by atoms with E-state index >= 15 is 0 Å². The molecule has 0 bridgehead atoms. The summed E-state index contributed by atoms with van der Waals surface area (Å²) in [5.74, 6) is 0.951. The Bertz CT molecular complexity index is 502. The highest BCUT2D eigenvalue weighted by Crippen LogP contribution is 2.26. The van der Waals surface area contributed by atoms with E-state index < -0.39 is 0 Å². The third-order valence-corrected chi connectivity index (χ3v) is 3.12. The van der Waals surface area contributed by atoms with E-state index in [0.29, 0.717) is 6.04 Å². The lowest BCUT2D eigenvalue weighted by molar-refractivity contribution is 0.420. The van der Waals surface area contributed by atoms with Gasteiger partial charge in [0.1, 0.15) is 5.75 Å². The predicted molar refractivity (Wildman–Crippen MR) is 76.2 cm³/mol. The molecule has 0 amide bonds. The van der Waals surface area contributed by atoms with Crippen molar-refractivity contribution >= 4 is 10.9 Å². The molecule has 2 aromatic rings. The number of hydrogen-bond donors (Lipinski definition) is 1. The van der Waals surface area contributed by atoms with Crippen LogP contribution < -0.4 is 10.1 Å². The maximum absolute atomic E-state index is 5.37. The highest BCUT2D eigenvalue weighted by Gasteiger charge is 2.05. The van der Waals surface area contributed by atoms with E-state index in [1.807, 2.05) is 12.1 Å². The Hall–Kier alpha value is -1.48. The molecule has 2 rings (SSSR count). The number of aromatic nitrogens is 1. The van der Waals surface area contributed by atoms with Crippen LogP contribution in [0.25, 0.3) is 10.9 Å². The summed E-state index contributed by atoms with van der Waals surface area (Å²) in [6, 6.07) is 8.89. The van der Waals surface area contributed by atoms with Gasteiger partial charge in [0.25, 0.3) is 0 Å². The van der Waals surface area contributed by atoms with Crippen molar-refractivity contribution in [2.75, 3.05) is 13.7 Å². The first-order chi connectivity index (χ1) is 8.72. The van der Waals surface area contributed by atoms with Gasteiger partial charge in [-0.2, -0.15) is 0 Å². The standard InChI is InChI=1S/C15H22N2O/c1-12(2)16-9-5-10-17-11-8-13-14(17)6-4-7-15(13)18-3/h4,6-8,11-12,16H,5,9-10H2,1-3H3. The SMILES string of the molecule is COc1cccc2c1ccn2CCCNC(C)C. The van der Waals surface area contributed by atoms with Crippen LogP contribution in [0, 0.1) is 0 Å². The second kappa shape index (κ2) is 5.91. The van der Waals surface area contributed by atoms with Gasteiger partial charge in [-0.1, -0.05) is 19.9 Å². The normalized spacial score (nSPS) is 11.3. The van der Waals surface area contributed by atoms with Gasteiger partial charge in [-0.15, -0.1) is 0 Å². The maximum Gasteiger partial charge on any atom is 0.128 e. The van der Waals surface area contributed by atoms with Crippen LogP contribution in [0.3, 0.4) is 0 Å². The Morgan fingerprint density at radius 1 is 1.28 bits per heavy atom. The number of fused-ring (bicyclic) bond motifs is 1. The van der Waals surface area contributed by atoms with Gasteiger partial charge >= 0.3 is 0 Å². The molecular weight excluding hydrogens is 224 g/mol. The fraction of sp³-hybridized carbons (Fsp3) is 0.467. The summed E-state index contributed by atoms with van der Waals surface area (Å²) in [5.41, 5.74) is 1.25. The molecule has 0 aliphatic carbocycles. The monoisotopic (exact) mass is 246 g/mol. The molecule has 3 nitrogen and oxygen atoms in total. The first-order valence-electron chi connectivity index (χ1n) is 6.57. The predicted octanol–water partition coefficient (Wildman–Crippen LogP) is 3.04. The molecule has 1 aromatic heterocycles. The van der Waals surface area contributed by atoms with Crippen molar-refractivity contribution < 1.29 is 4.74 Å². The van der Waals surface area contributed by atoms with E-state index in [1.54, 1.807) is 7.11 Å². The highest BCUT2D eigenvalue weighted by atomic mass is 16.5. The fourth-order valence-electron chi connectivity index (χ4n) is 2.21. The summed E-state index contributed by atoms with van der Waals surface area (Å²) in [6.45, 7) is 6.45. The molecule has 0 radical (unpaired) electrons. The highest BCUT2D eigenvalue weighted by molar-refractivity contribution is 5.86. The summed E-state index contributed by atoms with van der Waals surface area (Å²) in [7, 11) is 1.72. The van der Waals surface area contributed by atoms with Crippen LogP contribution in [-0.2, 0) is 6.54 Å². The van der Waals surface area contributed by atoms with Crippen LogP contribution in [0.15, 0.2) is 30.5 Å². The number of nitrogens with one attached hydrogen (secondary N) is 1. The number of rotatable bonds is 6. The molecule has 18 heavy (non-hydrogen) atoms. The first kappa shape index (κ1) is 13.0. The van der Waals surface area contributed by atoms with Gasteiger partial charge in [-0.25, -0.2) is 0 Å². The average Bonchev–Trinajstić information content (AvgIpc) is 2.77. The van der Waals surface area contributed by atoms with Gasteiger partial charge in [-0.3, -0.25) is 0 Å². The topological polar surface area (TPSA) is 26.2 Å². The van der Waals surface area contributed by atoms with Crippen LogP contribution in [-0.4, -0.2) is 24.3 Å². The zero-order valence-electron chi connectivity index (χ0n) is 11.4. The van der Waals surface area contributed by atoms with E-state index in [-0.39, 0.29) is 0 Å². The number of ether oxygens (including phenoxy) is 1. The van der Waals surface area contributed by atoms with Gasteiger partial charge in [0, 0.05) is 24.2 Å². The largest absolute Gasteiger partial charge is 0.496 e. The molecule has 0 saturated heterocycles. The summed E-state index contributed by atoms with van der Waals surface area (Å²) in [4.78, 5) is 0. The molecule has 0 saturated carbocycles. The molecule has 0 unspecified atom stereocenters. The molecule has 0 spiro atoms. The molecule has 1 N–H and O–H groups in total. The van der Waals surface area contributed by atoms with E-state index in [0.717, 1.165) is 25.3 Å². The fourth-order valence-corrected chi connectivity index (χ4v) is 2.21. The van der Waals surface area contributed by atoms with Gasteiger partial charge in [-0.05, 0) is 31.2 Å². The minimum atomic E-state index is 0.562. The Kier molecular flexibility index (Phi) is 4.26. The van der Waals surface area contributed by atoms with Gasteiger partial charge in [0.05, 0.1) is 12.6 Å². The Labute approximate surface area is 109 Å². The molecule has 0 fully saturated rings. The minimum absolute atomic E-state index is 0.562. The molecule has 1 aromatic carbocycles. The number of methoxy groups -OCH3 is 1. The Morgan fingerprint density at radius 2 is 2.11 bits per heavy atom. The van der Waals surface area contributed by atoms with Crippen molar-refractivity contribution in [3.8, 4) is 5.75 Å². The van der Waals surface area contributed by atoms with Crippen LogP contribution in [0.5, 0.6) is 5.75 Å². The van der Waals surface area contributed by atoms with Crippen molar-refractivity contribution in [3.63, 3.8) is 0 Å². The third kappa shape index (κ3) is 2.85. The Balaban J connectivity index is 2.05. The zero-order chi connectivity index (χ0) is 13.0.